The summed E-state index contributed by atoms with van der Waals surface area (Å²) in [6.45, 7) is 0.931. The zero-order valence-corrected chi connectivity index (χ0v) is 20.6. The van der Waals surface area contributed by atoms with Gasteiger partial charge in [0, 0.05) is 24.9 Å². The second-order valence-corrected chi connectivity index (χ2v) is 8.95. The quantitative estimate of drug-likeness (QED) is 0.502. The maximum absolute atomic E-state index is 13.2. The summed E-state index contributed by atoms with van der Waals surface area (Å²) in [7, 11) is 1.51. The Balaban J connectivity index is 1.28. The first-order valence-corrected chi connectivity index (χ1v) is 11.6. The number of halogens is 3. The molecule has 5 heterocycles. The van der Waals surface area contributed by atoms with Crippen molar-refractivity contribution >= 4 is 30.0 Å². The van der Waals surface area contributed by atoms with Crippen LogP contribution >= 0.6 is 0 Å². The molecule has 0 bridgehead atoms. The molecule has 3 aromatic heterocycles. The molecule has 3 aromatic rings. The van der Waals surface area contributed by atoms with Crippen LogP contribution in [0.1, 0.15) is 17.0 Å². The number of nitrogens with zero attached hydrogens (tertiary/aromatic N) is 7. The number of aliphatic imine (C=N–C) groups is 1. The number of hydrogen-bond acceptors (Lipinski definition) is 9. The lowest BCUT2D eigenvalue weighted by Crippen LogP contribution is -2.64. The molecular formula is C24H21F3N8O4. The third-order valence-corrected chi connectivity index (χ3v) is 6.25. The number of rotatable bonds is 6. The molecule has 0 radical (unpaired) electrons. The highest BCUT2D eigenvalue weighted by Crippen LogP contribution is 2.32. The van der Waals surface area contributed by atoms with Crippen LogP contribution in [0.25, 0.3) is 11.3 Å². The van der Waals surface area contributed by atoms with E-state index in [2.05, 4.69) is 25.4 Å². The highest BCUT2D eigenvalue weighted by molar-refractivity contribution is 6.03. The predicted molar refractivity (Wildman–Crippen MR) is 129 cm³/mol. The van der Waals surface area contributed by atoms with Gasteiger partial charge in [-0.25, -0.2) is 14.8 Å². The number of carbonyl (C=O) groups is 3. The van der Waals surface area contributed by atoms with E-state index in [1.165, 1.54) is 54.6 Å². The Bertz CT molecular complexity index is 1460. The van der Waals surface area contributed by atoms with Crippen LogP contribution in [0.2, 0.25) is 0 Å². The van der Waals surface area contributed by atoms with Crippen LogP contribution < -0.4 is 5.32 Å². The van der Waals surface area contributed by atoms with Gasteiger partial charge in [-0.1, -0.05) is 11.2 Å². The number of aromatic nitrogens is 3. The average molecular weight is 542 g/mol. The van der Waals surface area contributed by atoms with E-state index < -0.39 is 41.9 Å². The standard InChI is InChI=1S/C24H21F3N8O4/c1-13-8-14(9-28-20(13)24(25,26)27)16-4-3-5-17(30-16)31-18(36)11-34-12-29-21-19(34)22(37)35(23(38)33(21)2)10-15-6-7-39-32-15/h3-9,12,19,21H,10-11H2,1-2H3,(H,30,31,36). The van der Waals surface area contributed by atoms with Crippen molar-refractivity contribution in [2.24, 2.45) is 4.99 Å². The van der Waals surface area contributed by atoms with E-state index in [0.29, 0.717) is 17.0 Å². The number of urea groups is 1. The summed E-state index contributed by atoms with van der Waals surface area (Å²) in [6.07, 6.45) is -1.63. The minimum Gasteiger partial charge on any atom is -0.364 e. The van der Waals surface area contributed by atoms with Gasteiger partial charge in [0.1, 0.15) is 23.5 Å². The molecule has 15 heteroatoms. The van der Waals surface area contributed by atoms with Gasteiger partial charge in [0.25, 0.3) is 5.91 Å². The number of carbonyl (C=O) groups excluding carboxylic acids is 3. The zero-order chi connectivity index (χ0) is 27.9. The molecule has 0 aromatic carbocycles. The van der Waals surface area contributed by atoms with Crippen LogP contribution in [0.15, 0.2) is 52.3 Å². The summed E-state index contributed by atoms with van der Waals surface area (Å²) in [6, 6.07) is 6.06. The first-order valence-electron chi connectivity index (χ1n) is 11.6. The number of nitrogens with one attached hydrogen (secondary N) is 1. The highest BCUT2D eigenvalue weighted by atomic mass is 19.4. The Morgan fingerprint density at radius 1 is 1.21 bits per heavy atom. The Morgan fingerprint density at radius 3 is 2.69 bits per heavy atom. The summed E-state index contributed by atoms with van der Waals surface area (Å²) < 4.78 is 43.9. The minimum absolute atomic E-state index is 0.0580. The molecule has 1 saturated heterocycles. The third-order valence-electron chi connectivity index (χ3n) is 6.25. The number of likely N-dealkylation sites (N-methyl/N-ethyl adjacent to an activating group) is 1. The largest absolute Gasteiger partial charge is 0.433 e. The van der Waals surface area contributed by atoms with Gasteiger partial charge < -0.3 is 19.6 Å². The summed E-state index contributed by atoms with van der Waals surface area (Å²) in [5, 5.41) is 6.37. The summed E-state index contributed by atoms with van der Waals surface area (Å²) >= 11 is 0. The first-order chi connectivity index (χ1) is 18.5. The van der Waals surface area contributed by atoms with Crippen molar-refractivity contribution in [1.29, 1.82) is 0 Å². The van der Waals surface area contributed by atoms with E-state index in [1.54, 1.807) is 12.1 Å². The number of amides is 4. The van der Waals surface area contributed by atoms with E-state index in [9.17, 15) is 27.6 Å². The topological polar surface area (TPSA) is 137 Å². The third kappa shape index (κ3) is 5.02. The molecular weight excluding hydrogens is 521 g/mol. The van der Waals surface area contributed by atoms with Gasteiger partial charge in [-0.3, -0.25) is 19.5 Å². The molecule has 2 atom stereocenters. The minimum atomic E-state index is -4.57. The number of anilines is 1. The molecule has 0 saturated carbocycles. The van der Waals surface area contributed by atoms with Gasteiger partial charge in [-0.15, -0.1) is 0 Å². The number of imide groups is 1. The zero-order valence-electron chi connectivity index (χ0n) is 20.6. The highest BCUT2D eigenvalue weighted by Gasteiger charge is 2.50. The fourth-order valence-corrected chi connectivity index (χ4v) is 4.41. The first kappa shape index (κ1) is 25.8. The lowest BCUT2D eigenvalue weighted by Gasteiger charge is -2.40. The molecule has 5 rings (SSSR count). The summed E-state index contributed by atoms with van der Waals surface area (Å²) in [5.74, 6) is -0.914. The molecule has 1 N–H and O–H groups in total. The van der Waals surface area contributed by atoms with E-state index >= 15 is 0 Å². The average Bonchev–Trinajstić information content (AvgIpc) is 3.55. The van der Waals surface area contributed by atoms with Gasteiger partial charge in [0.05, 0.1) is 25.1 Å². The fraction of sp³-hybridized carbons (Fsp3) is 0.292. The fourth-order valence-electron chi connectivity index (χ4n) is 4.41. The van der Waals surface area contributed by atoms with Gasteiger partial charge in [0.15, 0.2) is 12.2 Å². The van der Waals surface area contributed by atoms with Crippen LogP contribution in [0, 0.1) is 6.92 Å². The van der Waals surface area contributed by atoms with Crippen LogP contribution in [0.4, 0.5) is 23.8 Å². The SMILES string of the molecule is Cc1cc(-c2cccc(NC(=O)CN3C=NC4C3C(=O)N(Cc3ccon3)C(=O)N4C)n2)cnc1C(F)(F)F. The molecule has 0 spiro atoms. The maximum Gasteiger partial charge on any atom is 0.433 e. The summed E-state index contributed by atoms with van der Waals surface area (Å²) in [5.41, 5.74) is 0.00351. The van der Waals surface area contributed by atoms with E-state index in [0.717, 1.165) is 11.1 Å². The molecule has 12 nitrogen and oxygen atoms in total. The predicted octanol–water partition coefficient (Wildman–Crippen LogP) is 2.53. The monoisotopic (exact) mass is 542 g/mol. The Labute approximate surface area is 219 Å². The summed E-state index contributed by atoms with van der Waals surface area (Å²) in [4.78, 5) is 54.7. The molecule has 4 amide bonds. The second kappa shape index (κ2) is 9.81. The van der Waals surface area contributed by atoms with Crippen LogP contribution in [0.3, 0.4) is 0 Å². The number of hydrogen-bond donors (Lipinski definition) is 1. The number of pyridine rings is 2. The van der Waals surface area contributed by atoms with Crippen molar-refractivity contribution in [3.8, 4) is 11.3 Å². The number of fused-ring (bicyclic) bond motifs is 1. The van der Waals surface area contributed by atoms with E-state index in [1.807, 2.05) is 0 Å². The van der Waals surface area contributed by atoms with Crippen LogP contribution in [-0.4, -0.2) is 79.8 Å². The molecule has 2 aliphatic rings. The van der Waals surface area contributed by atoms with Crippen LogP contribution in [0.5, 0.6) is 0 Å². The van der Waals surface area contributed by atoms with Crippen molar-refractivity contribution in [1.82, 2.24) is 29.8 Å². The van der Waals surface area contributed by atoms with Gasteiger partial charge in [-0.2, -0.15) is 13.2 Å². The van der Waals surface area contributed by atoms with Crippen molar-refractivity contribution < 1.29 is 32.1 Å². The lowest BCUT2D eigenvalue weighted by molar-refractivity contribution is -0.141. The van der Waals surface area contributed by atoms with Crippen molar-refractivity contribution in [2.45, 2.75) is 31.9 Å². The number of aryl methyl sites for hydroxylation is 1. The van der Waals surface area contributed by atoms with E-state index in [4.69, 9.17) is 4.52 Å². The molecule has 2 aliphatic heterocycles. The molecule has 2 unspecified atom stereocenters. The van der Waals surface area contributed by atoms with Crippen molar-refractivity contribution in [2.75, 3.05) is 18.9 Å². The van der Waals surface area contributed by atoms with Gasteiger partial charge >= 0.3 is 12.2 Å². The van der Waals surface area contributed by atoms with Gasteiger partial charge in [-0.05, 0) is 30.7 Å². The van der Waals surface area contributed by atoms with E-state index in [-0.39, 0.29) is 24.5 Å². The van der Waals surface area contributed by atoms with Crippen LogP contribution in [-0.2, 0) is 22.3 Å². The normalized spacial score (nSPS) is 19.1. The Hall–Kier alpha value is -4.82. The van der Waals surface area contributed by atoms with Gasteiger partial charge in [0.2, 0.25) is 5.91 Å². The Morgan fingerprint density at radius 2 is 2.00 bits per heavy atom. The second-order valence-electron chi connectivity index (χ2n) is 8.95. The molecule has 39 heavy (non-hydrogen) atoms. The molecule has 1 fully saturated rings. The number of alkyl halides is 3. The van der Waals surface area contributed by atoms with Crippen molar-refractivity contribution in [3.63, 3.8) is 0 Å². The van der Waals surface area contributed by atoms with Crippen molar-refractivity contribution in [3.05, 3.63) is 59.7 Å². The molecule has 0 aliphatic carbocycles. The molecule has 202 valence electrons. The smallest absolute Gasteiger partial charge is 0.364 e. The Kier molecular flexibility index (Phi) is 6.49. The lowest BCUT2D eigenvalue weighted by atomic mass is 10.1. The maximum atomic E-state index is 13.2.